The fourth-order valence-electron chi connectivity index (χ4n) is 3.92. The minimum atomic E-state index is -0.152. The van der Waals surface area contributed by atoms with Crippen LogP contribution >= 0.6 is 0 Å². The number of benzene rings is 2. The summed E-state index contributed by atoms with van der Waals surface area (Å²) in [6.45, 7) is 4.35. The quantitative estimate of drug-likeness (QED) is 0.353. The predicted molar refractivity (Wildman–Crippen MR) is 117 cm³/mol. The molecule has 0 saturated heterocycles. The van der Waals surface area contributed by atoms with Crippen LogP contribution in [-0.4, -0.2) is 5.97 Å². The van der Waals surface area contributed by atoms with Crippen molar-refractivity contribution in [2.75, 3.05) is 0 Å². The lowest BCUT2D eigenvalue weighted by atomic mass is 9.84. The fraction of sp³-hybridized carbons (Fsp3) is 0.423. The Morgan fingerprint density at radius 3 is 2.14 bits per heavy atom. The number of ether oxygens (including phenoxy) is 1. The number of esters is 1. The van der Waals surface area contributed by atoms with Gasteiger partial charge in [0.2, 0.25) is 0 Å². The van der Waals surface area contributed by atoms with Crippen molar-refractivity contribution < 1.29 is 9.53 Å². The molecule has 1 aliphatic rings. The lowest BCUT2D eigenvalue weighted by molar-refractivity contribution is -0.134. The number of unbranched alkanes of at least 4 members (excludes halogenated alkanes) is 1. The van der Waals surface area contributed by atoms with E-state index in [1.807, 2.05) is 24.3 Å². The second kappa shape index (κ2) is 10.3. The van der Waals surface area contributed by atoms with Gasteiger partial charge in [-0.25, -0.2) is 0 Å². The van der Waals surface area contributed by atoms with Gasteiger partial charge in [-0.05, 0) is 66.0 Å². The van der Waals surface area contributed by atoms with Crippen molar-refractivity contribution in [3.05, 3.63) is 60.2 Å². The SMILES string of the molecule is CCCCC(=O)Oc1ccc(-c2ccc(C3=CCC(CCC)CC3)cc2)cc1. The zero-order valence-electron chi connectivity index (χ0n) is 17.2. The van der Waals surface area contributed by atoms with Crippen LogP contribution in [0.5, 0.6) is 5.75 Å². The van der Waals surface area contributed by atoms with E-state index < -0.39 is 0 Å². The number of rotatable bonds is 8. The summed E-state index contributed by atoms with van der Waals surface area (Å²) >= 11 is 0. The predicted octanol–water partition coefficient (Wildman–Crippen LogP) is 7.43. The molecule has 2 nitrogen and oxygen atoms in total. The Labute approximate surface area is 169 Å². The summed E-state index contributed by atoms with van der Waals surface area (Å²) in [6, 6.07) is 16.7. The molecule has 0 bridgehead atoms. The number of allylic oxidation sites excluding steroid dienone is 2. The van der Waals surface area contributed by atoms with Gasteiger partial charge in [-0.2, -0.15) is 0 Å². The molecule has 3 rings (SSSR count). The van der Waals surface area contributed by atoms with Crippen molar-refractivity contribution in [2.45, 2.75) is 65.2 Å². The first-order chi connectivity index (χ1) is 13.7. The molecular weight excluding hydrogens is 344 g/mol. The first kappa shape index (κ1) is 20.4. The molecule has 0 aromatic heterocycles. The van der Waals surface area contributed by atoms with Gasteiger partial charge in [0.25, 0.3) is 0 Å². The molecule has 0 spiro atoms. The summed E-state index contributed by atoms with van der Waals surface area (Å²) in [5.41, 5.74) is 5.17. The third kappa shape index (κ3) is 5.58. The van der Waals surface area contributed by atoms with E-state index in [4.69, 9.17) is 4.74 Å². The zero-order valence-corrected chi connectivity index (χ0v) is 17.2. The summed E-state index contributed by atoms with van der Waals surface area (Å²) in [4.78, 5) is 11.7. The average Bonchev–Trinajstić information content (AvgIpc) is 2.74. The molecule has 0 aliphatic heterocycles. The lowest BCUT2D eigenvalue weighted by Crippen LogP contribution is -2.07. The van der Waals surface area contributed by atoms with Crippen molar-refractivity contribution in [1.82, 2.24) is 0 Å². The molecule has 28 heavy (non-hydrogen) atoms. The molecule has 0 radical (unpaired) electrons. The fourth-order valence-corrected chi connectivity index (χ4v) is 3.92. The molecular formula is C26H32O2. The van der Waals surface area contributed by atoms with Crippen molar-refractivity contribution in [3.8, 4) is 16.9 Å². The van der Waals surface area contributed by atoms with Gasteiger partial charge < -0.3 is 4.74 Å². The first-order valence-electron chi connectivity index (χ1n) is 10.8. The zero-order chi connectivity index (χ0) is 19.8. The minimum absolute atomic E-state index is 0.152. The van der Waals surface area contributed by atoms with E-state index in [-0.39, 0.29) is 5.97 Å². The van der Waals surface area contributed by atoms with Gasteiger partial charge in [0.1, 0.15) is 5.75 Å². The molecule has 148 valence electrons. The highest BCUT2D eigenvalue weighted by Crippen LogP contribution is 2.33. The van der Waals surface area contributed by atoms with E-state index >= 15 is 0 Å². The van der Waals surface area contributed by atoms with Crippen LogP contribution in [0.15, 0.2) is 54.6 Å². The molecule has 2 heteroatoms. The van der Waals surface area contributed by atoms with Crippen LogP contribution in [0.3, 0.4) is 0 Å². The lowest BCUT2D eigenvalue weighted by Gasteiger charge is -2.21. The van der Waals surface area contributed by atoms with Crippen LogP contribution in [0.25, 0.3) is 16.7 Å². The largest absolute Gasteiger partial charge is 0.427 e. The Morgan fingerprint density at radius 1 is 0.929 bits per heavy atom. The molecule has 1 unspecified atom stereocenters. The Balaban J connectivity index is 1.61. The number of carbonyl (C=O) groups is 1. The molecule has 0 N–H and O–H groups in total. The highest BCUT2D eigenvalue weighted by molar-refractivity contribution is 5.73. The molecule has 0 fully saturated rings. The Hall–Kier alpha value is -2.35. The smallest absolute Gasteiger partial charge is 0.311 e. The van der Waals surface area contributed by atoms with Crippen LogP contribution < -0.4 is 4.74 Å². The molecule has 1 atom stereocenters. The molecule has 0 saturated carbocycles. The van der Waals surface area contributed by atoms with E-state index in [0.717, 1.165) is 24.3 Å². The van der Waals surface area contributed by atoms with E-state index in [0.29, 0.717) is 12.2 Å². The van der Waals surface area contributed by atoms with Crippen LogP contribution in [0.4, 0.5) is 0 Å². The third-order valence-electron chi connectivity index (χ3n) is 5.63. The highest BCUT2D eigenvalue weighted by atomic mass is 16.5. The summed E-state index contributed by atoms with van der Waals surface area (Å²) in [6.07, 6.45) is 11.2. The summed E-state index contributed by atoms with van der Waals surface area (Å²) in [5, 5.41) is 0. The van der Waals surface area contributed by atoms with Crippen molar-refractivity contribution in [1.29, 1.82) is 0 Å². The maximum atomic E-state index is 11.7. The number of hydrogen-bond acceptors (Lipinski definition) is 2. The average molecular weight is 377 g/mol. The normalized spacial score (nSPS) is 16.5. The van der Waals surface area contributed by atoms with Gasteiger partial charge in [0, 0.05) is 6.42 Å². The Kier molecular flexibility index (Phi) is 7.47. The molecule has 1 aliphatic carbocycles. The summed E-state index contributed by atoms with van der Waals surface area (Å²) < 4.78 is 5.39. The Bertz CT molecular complexity index is 784. The van der Waals surface area contributed by atoms with Crippen molar-refractivity contribution in [2.24, 2.45) is 5.92 Å². The van der Waals surface area contributed by atoms with Gasteiger partial charge >= 0.3 is 5.97 Å². The van der Waals surface area contributed by atoms with E-state index in [1.165, 1.54) is 48.8 Å². The second-order valence-electron chi connectivity index (χ2n) is 7.84. The molecule has 0 heterocycles. The second-order valence-corrected chi connectivity index (χ2v) is 7.84. The van der Waals surface area contributed by atoms with Gasteiger partial charge in [0.05, 0.1) is 0 Å². The van der Waals surface area contributed by atoms with E-state index in [2.05, 4.69) is 44.2 Å². The van der Waals surface area contributed by atoms with Gasteiger partial charge in [-0.15, -0.1) is 0 Å². The van der Waals surface area contributed by atoms with E-state index in [1.54, 1.807) is 0 Å². The highest BCUT2D eigenvalue weighted by Gasteiger charge is 2.14. The van der Waals surface area contributed by atoms with Gasteiger partial charge in [0.15, 0.2) is 0 Å². The molecule has 2 aromatic rings. The maximum Gasteiger partial charge on any atom is 0.311 e. The van der Waals surface area contributed by atoms with Crippen LogP contribution in [0.2, 0.25) is 0 Å². The molecule has 2 aromatic carbocycles. The van der Waals surface area contributed by atoms with Crippen molar-refractivity contribution >= 4 is 11.5 Å². The number of carbonyl (C=O) groups excluding carboxylic acids is 1. The van der Waals surface area contributed by atoms with Crippen LogP contribution in [0, 0.1) is 5.92 Å². The maximum absolute atomic E-state index is 11.7. The van der Waals surface area contributed by atoms with Gasteiger partial charge in [-0.1, -0.05) is 75.6 Å². The summed E-state index contributed by atoms with van der Waals surface area (Å²) in [5.74, 6) is 1.35. The first-order valence-corrected chi connectivity index (χ1v) is 10.8. The van der Waals surface area contributed by atoms with Crippen LogP contribution in [-0.2, 0) is 4.79 Å². The third-order valence-corrected chi connectivity index (χ3v) is 5.63. The Morgan fingerprint density at radius 2 is 1.57 bits per heavy atom. The monoisotopic (exact) mass is 376 g/mol. The topological polar surface area (TPSA) is 26.3 Å². The number of hydrogen-bond donors (Lipinski definition) is 0. The van der Waals surface area contributed by atoms with Gasteiger partial charge in [-0.3, -0.25) is 4.79 Å². The summed E-state index contributed by atoms with van der Waals surface area (Å²) in [7, 11) is 0. The van der Waals surface area contributed by atoms with Crippen molar-refractivity contribution in [3.63, 3.8) is 0 Å². The standard InChI is InChI=1S/C26H32O2/c1-3-5-7-26(27)28-25-18-16-24(17-19-25)23-14-12-22(13-15-23)21-10-8-20(6-4-2)9-11-21/h10,12-20H,3-9,11H2,1-2H3. The van der Waals surface area contributed by atoms with E-state index in [9.17, 15) is 4.79 Å². The molecule has 0 amide bonds. The minimum Gasteiger partial charge on any atom is -0.427 e. The van der Waals surface area contributed by atoms with Crippen LogP contribution in [0.1, 0.15) is 70.8 Å².